The normalized spacial score (nSPS) is 14.1. The third-order valence-electron chi connectivity index (χ3n) is 5.81. The summed E-state index contributed by atoms with van der Waals surface area (Å²) in [7, 11) is -2.78. The molecule has 0 bridgehead atoms. The number of fused-ring (bicyclic) bond motifs is 1. The summed E-state index contributed by atoms with van der Waals surface area (Å²) >= 11 is 0. The number of nitrogen functional groups attached to an aromatic ring is 1. The maximum atomic E-state index is 12.7. The number of aromatic nitrogens is 4. The molecule has 0 saturated carbocycles. The smallest absolute Gasteiger partial charge is 0.225 e. The topological polar surface area (TPSA) is 105 Å². The van der Waals surface area contributed by atoms with Crippen LogP contribution in [0.3, 0.4) is 0 Å². The van der Waals surface area contributed by atoms with Crippen molar-refractivity contribution >= 4 is 24.4 Å². The van der Waals surface area contributed by atoms with Crippen molar-refractivity contribution in [3.05, 3.63) is 12.7 Å². The third kappa shape index (κ3) is 11.0. The van der Waals surface area contributed by atoms with Crippen molar-refractivity contribution in [3.63, 3.8) is 0 Å². The zero-order valence-electron chi connectivity index (χ0n) is 21.0. The Hall–Kier alpha value is -1.94. The number of unbranched alkanes of at least 4 members (excludes halogenated alkanes) is 11. The van der Waals surface area contributed by atoms with E-state index in [2.05, 4.69) is 20.9 Å². The lowest BCUT2D eigenvalue weighted by Gasteiger charge is -2.18. The highest BCUT2D eigenvalue weighted by Crippen LogP contribution is 2.42. The largest absolute Gasteiger partial charge is 0.382 e. The molecule has 2 atom stereocenters. The second-order valence-electron chi connectivity index (χ2n) is 9.12. The van der Waals surface area contributed by atoms with Gasteiger partial charge in [-0.3, -0.25) is 4.57 Å². The molecule has 2 aromatic heterocycles. The second-order valence-corrected chi connectivity index (χ2v) is 11.7. The molecule has 34 heavy (non-hydrogen) atoms. The molecule has 2 N–H and O–H groups in total. The highest BCUT2D eigenvalue weighted by atomic mass is 31.2. The van der Waals surface area contributed by atoms with E-state index in [0.29, 0.717) is 30.1 Å². The maximum Gasteiger partial charge on any atom is 0.225 e. The van der Waals surface area contributed by atoms with Crippen LogP contribution in [-0.4, -0.2) is 45.2 Å². The van der Waals surface area contributed by atoms with Crippen LogP contribution in [0.15, 0.2) is 12.7 Å². The zero-order valence-corrected chi connectivity index (χ0v) is 21.8. The van der Waals surface area contributed by atoms with Gasteiger partial charge in [0, 0.05) is 13.1 Å². The molecule has 2 rings (SSSR count). The number of hydrogen-bond donors (Lipinski definition) is 1. The van der Waals surface area contributed by atoms with E-state index in [1.165, 1.54) is 64.1 Å². The molecule has 0 aliphatic heterocycles. The molecule has 0 spiro atoms. The number of anilines is 1. The van der Waals surface area contributed by atoms with Gasteiger partial charge in [0.05, 0.1) is 25.6 Å². The van der Waals surface area contributed by atoms with Gasteiger partial charge in [-0.2, -0.15) is 0 Å². The Morgan fingerprint density at radius 2 is 1.65 bits per heavy atom. The van der Waals surface area contributed by atoms with Crippen molar-refractivity contribution in [3.8, 4) is 12.3 Å². The first kappa shape index (κ1) is 28.3. The Kier molecular flexibility index (Phi) is 13.2. The second kappa shape index (κ2) is 15.9. The van der Waals surface area contributed by atoms with E-state index in [9.17, 15) is 4.57 Å². The van der Waals surface area contributed by atoms with Gasteiger partial charge in [-0.25, -0.2) is 15.0 Å². The van der Waals surface area contributed by atoms with Crippen LogP contribution in [0.5, 0.6) is 0 Å². The molecular weight excluding hydrogens is 449 g/mol. The fourth-order valence-corrected chi connectivity index (χ4v) is 4.95. The Labute approximate surface area is 204 Å². The van der Waals surface area contributed by atoms with Crippen LogP contribution in [0, 0.1) is 12.3 Å². The van der Waals surface area contributed by atoms with E-state index in [0.717, 1.165) is 19.3 Å². The van der Waals surface area contributed by atoms with Crippen molar-refractivity contribution < 1.29 is 13.8 Å². The molecule has 0 saturated heterocycles. The van der Waals surface area contributed by atoms with Gasteiger partial charge in [0.25, 0.3) is 0 Å². The van der Waals surface area contributed by atoms with Gasteiger partial charge in [-0.1, -0.05) is 57.8 Å². The number of rotatable bonds is 19. The first-order valence-electron chi connectivity index (χ1n) is 12.6. The van der Waals surface area contributed by atoms with Gasteiger partial charge in [0.2, 0.25) is 7.37 Å². The molecule has 0 fully saturated rings. The van der Waals surface area contributed by atoms with E-state index >= 15 is 0 Å². The fraction of sp³-hybridized carbons (Fsp3) is 0.720. The van der Waals surface area contributed by atoms with Crippen molar-refractivity contribution in [1.82, 2.24) is 19.5 Å². The van der Waals surface area contributed by atoms with Crippen LogP contribution in [-0.2, 0) is 20.4 Å². The molecule has 2 heterocycles. The number of hydrogen-bond acceptors (Lipinski definition) is 7. The molecule has 0 aromatic carbocycles. The Bertz CT molecular complexity index is 927. The van der Waals surface area contributed by atoms with Crippen molar-refractivity contribution in [2.75, 3.05) is 25.4 Å². The minimum Gasteiger partial charge on any atom is -0.382 e. The predicted octanol–water partition coefficient (Wildman–Crippen LogP) is 6.01. The lowest BCUT2D eigenvalue weighted by Crippen LogP contribution is -2.17. The molecule has 8 nitrogen and oxygen atoms in total. The summed E-state index contributed by atoms with van der Waals surface area (Å²) in [5, 5.41) is 0. The summed E-state index contributed by atoms with van der Waals surface area (Å²) in [6.45, 7) is 4.62. The van der Waals surface area contributed by atoms with Crippen LogP contribution < -0.4 is 5.73 Å². The molecule has 1 unspecified atom stereocenters. The average molecular weight is 492 g/mol. The lowest BCUT2D eigenvalue weighted by molar-refractivity contribution is 0.0799. The predicted molar refractivity (Wildman–Crippen MR) is 139 cm³/mol. The van der Waals surface area contributed by atoms with Gasteiger partial charge < -0.3 is 19.6 Å². The quantitative estimate of drug-likeness (QED) is 0.146. The molecule has 2 aromatic rings. The summed E-state index contributed by atoms with van der Waals surface area (Å²) in [6.07, 6.45) is 22.7. The van der Waals surface area contributed by atoms with E-state index in [1.54, 1.807) is 13.0 Å². The summed E-state index contributed by atoms with van der Waals surface area (Å²) in [6, 6.07) is 0. The SMILES string of the molecule is C#CCCCCCCCCCCCCCOP(C)(=O)CO[C@H](C)Cn1cnc2c(N)ncnc21. The Morgan fingerprint density at radius 3 is 2.29 bits per heavy atom. The van der Waals surface area contributed by atoms with Crippen LogP contribution in [0.4, 0.5) is 5.82 Å². The molecule has 0 amide bonds. The van der Waals surface area contributed by atoms with Gasteiger partial charge >= 0.3 is 0 Å². The van der Waals surface area contributed by atoms with Gasteiger partial charge in [0.15, 0.2) is 11.5 Å². The average Bonchev–Trinajstić information content (AvgIpc) is 3.22. The van der Waals surface area contributed by atoms with Gasteiger partial charge in [-0.05, 0) is 19.8 Å². The van der Waals surface area contributed by atoms with Crippen LogP contribution >= 0.6 is 7.37 Å². The number of terminal acetylenes is 1. The summed E-state index contributed by atoms with van der Waals surface area (Å²) in [5.74, 6) is 3.05. The lowest BCUT2D eigenvalue weighted by atomic mass is 10.1. The van der Waals surface area contributed by atoms with Gasteiger partial charge in [0.1, 0.15) is 18.2 Å². The van der Waals surface area contributed by atoms with Gasteiger partial charge in [-0.15, -0.1) is 12.3 Å². The first-order chi connectivity index (χ1) is 16.4. The zero-order chi connectivity index (χ0) is 24.7. The molecule has 0 aliphatic rings. The number of ether oxygens (including phenoxy) is 1. The summed E-state index contributed by atoms with van der Waals surface area (Å²) in [4.78, 5) is 12.4. The highest BCUT2D eigenvalue weighted by molar-refractivity contribution is 7.57. The highest BCUT2D eigenvalue weighted by Gasteiger charge is 2.19. The van der Waals surface area contributed by atoms with Crippen molar-refractivity contribution in [2.45, 2.75) is 96.6 Å². The molecule has 190 valence electrons. The summed E-state index contributed by atoms with van der Waals surface area (Å²) < 4.78 is 26.0. The van der Waals surface area contributed by atoms with Crippen LogP contribution in [0.25, 0.3) is 11.2 Å². The standard InChI is InChI=1S/C25H42N5O3P/c1-4-5-6-7-8-9-10-11-12-13-14-15-16-17-33-34(3,31)21-32-22(2)18-30-20-29-23-24(26)27-19-28-25(23)30/h1,19-20,22H,5-18,21H2,2-3H3,(H2,26,27,28)/t22-,34?/m1/s1. The molecule has 0 aliphatic carbocycles. The van der Waals surface area contributed by atoms with Crippen LogP contribution in [0.2, 0.25) is 0 Å². The van der Waals surface area contributed by atoms with E-state index in [4.69, 9.17) is 21.4 Å². The Balaban J connectivity index is 1.48. The monoisotopic (exact) mass is 491 g/mol. The molecular formula is C25H42N5O3P. The van der Waals surface area contributed by atoms with Crippen molar-refractivity contribution in [2.24, 2.45) is 0 Å². The first-order valence-corrected chi connectivity index (χ1v) is 14.9. The van der Waals surface area contributed by atoms with Crippen molar-refractivity contribution in [1.29, 1.82) is 0 Å². The maximum absolute atomic E-state index is 12.7. The fourth-order valence-electron chi connectivity index (χ4n) is 3.84. The Morgan fingerprint density at radius 1 is 1.03 bits per heavy atom. The summed E-state index contributed by atoms with van der Waals surface area (Å²) in [5.41, 5.74) is 7.06. The minimum absolute atomic E-state index is 0.0979. The molecule has 0 radical (unpaired) electrons. The van der Waals surface area contributed by atoms with Crippen LogP contribution in [0.1, 0.15) is 84.0 Å². The number of nitrogens with two attached hydrogens (primary N) is 1. The number of imidazole rings is 1. The minimum atomic E-state index is -2.78. The third-order valence-corrected chi connectivity index (χ3v) is 7.15. The van der Waals surface area contributed by atoms with E-state index in [-0.39, 0.29) is 12.5 Å². The molecule has 9 heteroatoms. The van der Waals surface area contributed by atoms with E-state index in [1.807, 2.05) is 11.5 Å². The van der Waals surface area contributed by atoms with E-state index < -0.39 is 7.37 Å². The number of nitrogens with zero attached hydrogens (tertiary/aromatic N) is 4.